The Kier molecular flexibility index (Phi) is 4.06. The zero-order chi connectivity index (χ0) is 13.2. The van der Waals surface area contributed by atoms with Crippen molar-refractivity contribution < 1.29 is 4.39 Å². The summed E-state index contributed by atoms with van der Waals surface area (Å²) in [7, 11) is 0. The van der Waals surface area contributed by atoms with Crippen LogP contribution in [-0.2, 0) is 6.54 Å². The van der Waals surface area contributed by atoms with Gasteiger partial charge in [0, 0.05) is 29.7 Å². The first kappa shape index (κ1) is 13.3. The molecule has 0 radical (unpaired) electrons. The highest BCUT2D eigenvalue weighted by atomic mass is 35.5. The molecule has 0 spiro atoms. The normalized spacial score (nSPS) is 28.1. The molecular formula is C15H20ClFN2. The summed E-state index contributed by atoms with van der Waals surface area (Å²) in [4.78, 5) is 2.36. The van der Waals surface area contributed by atoms with Gasteiger partial charge >= 0.3 is 0 Å². The van der Waals surface area contributed by atoms with E-state index in [2.05, 4.69) is 10.2 Å². The third kappa shape index (κ3) is 3.10. The molecule has 3 rings (SSSR count). The predicted molar refractivity (Wildman–Crippen MR) is 75.8 cm³/mol. The lowest BCUT2D eigenvalue weighted by Gasteiger charge is -2.41. The molecule has 2 aliphatic heterocycles. The molecule has 2 heterocycles. The summed E-state index contributed by atoms with van der Waals surface area (Å²) >= 11 is 5.95. The maximum absolute atomic E-state index is 13.8. The summed E-state index contributed by atoms with van der Waals surface area (Å²) in [6, 6.07) is 5.50. The number of piperidine rings is 2. The number of nitrogens with one attached hydrogen (secondary N) is 1. The fraction of sp³-hybridized carbons (Fsp3) is 0.600. The second-order valence-electron chi connectivity index (χ2n) is 5.72. The molecule has 0 aromatic heterocycles. The van der Waals surface area contributed by atoms with E-state index < -0.39 is 0 Å². The molecule has 0 bridgehead atoms. The summed E-state index contributed by atoms with van der Waals surface area (Å²) < 4.78 is 13.8. The monoisotopic (exact) mass is 282 g/mol. The van der Waals surface area contributed by atoms with Crippen molar-refractivity contribution in [3.05, 3.63) is 34.6 Å². The quantitative estimate of drug-likeness (QED) is 0.897. The van der Waals surface area contributed by atoms with E-state index in [-0.39, 0.29) is 5.82 Å². The van der Waals surface area contributed by atoms with Crippen LogP contribution in [0.5, 0.6) is 0 Å². The molecule has 1 aromatic rings. The molecule has 2 fully saturated rings. The average Bonchev–Trinajstić information content (AvgIpc) is 2.43. The molecule has 0 amide bonds. The van der Waals surface area contributed by atoms with Crippen molar-refractivity contribution in [3.8, 4) is 0 Å². The maximum atomic E-state index is 13.8. The molecule has 2 unspecified atom stereocenters. The van der Waals surface area contributed by atoms with Crippen LogP contribution < -0.4 is 5.32 Å². The van der Waals surface area contributed by atoms with E-state index in [1.807, 2.05) is 0 Å². The van der Waals surface area contributed by atoms with Gasteiger partial charge < -0.3 is 5.32 Å². The summed E-state index contributed by atoms with van der Waals surface area (Å²) in [5.74, 6) is 0.582. The van der Waals surface area contributed by atoms with Gasteiger partial charge in [-0.2, -0.15) is 0 Å². The molecule has 1 N–H and O–H groups in total. The van der Waals surface area contributed by atoms with Crippen LogP contribution in [-0.4, -0.2) is 30.6 Å². The van der Waals surface area contributed by atoms with Gasteiger partial charge in [-0.05, 0) is 56.5 Å². The van der Waals surface area contributed by atoms with E-state index in [4.69, 9.17) is 11.6 Å². The molecular weight excluding hydrogens is 263 g/mol. The van der Waals surface area contributed by atoms with Gasteiger partial charge in [-0.15, -0.1) is 0 Å². The zero-order valence-electron chi connectivity index (χ0n) is 11.0. The van der Waals surface area contributed by atoms with Gasteiger partial charge in [0.1, 0.15) is 5.82 Å². The molecule has 2 saturated heterocycles. The molecule has 104 valence electrons. The van der Waals surface area contributed by atoms with Crippen molar-refractivity contribution in [2.75, 3.05) is 19.6 Å². The Morgan fingerprint density at radius 3 is 3.16 bits per heavy atom. The predicted octanol–water partition coefficient (Wildman–Crippen LogP) is 3.05. The third-order valence-corrected chi connectivity index (χ3v) is 4.61. The van der Waals surface area contributed by atoms with Crippen LogP contribution in [0.4, 0.5) is 4.39 Å². The first-order valence-corrected chi connectivity index (χ1v) is 7.50. The lowest BCUT2D eigenvalue weighted by molar-refractivity contribution is 0.108. The van der Waals surface area contributed by atoms with E-state index in [0.29, 0.717) is 17.6 Å². The van der Waals surface area contributed by atoms with Gasteiger partial charge in [-0.3, -0.25) is 4.90 Å². The summed E-state index contributed by atoms with van der Waals surface area (Å²) in [5, 5.41) is 4.22. The second kappa shape index (κ2) is 5.78. The van der Waals surface area contributed by atoms with Crippen molar-refractivity contribution in [2.24, 2.45) is 5.92 Å². The molecule has 0 aliphatic carbocycles. The van der Waals surface area contributed by atoms with Crippen molar-refractivity contribution >= 4 is 11.6 Å². The number of hydrogen-bond acceptors (Lipinski definition) is 2. The van der Waals surface area contributed by atoms with Gasteiger partial charge in [0.2, 0.25) is 0 Å². The fourth-order valence-electron chi connectivity index (χ4n) is 3.37. The highest BCUT2D eigenvalue weighted by Gasteiger charge is 2.30. The smallest absolute Gasteiger partial charge is 0.127 e. The summed E-state index contributed by atoms with van der Waals surface area (Å²) in [6.45, 7) is 3.95. The standard InChI is InChI=1S/C15H20ClFN2/c16-13-3-4-14(17)12(8-13)10-19-7-5-15-11(9-19)2-1-6-18-15/h3-4,8,11,15,18H,1-2,5-7,9-10H2. The Morgan fingerprint density at radius 2 is 2.26 bits per heavy atom. The second-order valence-corrected chi connectivity index (χ2v) is 6.16. The molecule has 2 aliphatic rings. The van der Waals surface area contributed by atoms with Crippen LogP contribution in [0.3, 0.4) is 0 Å². The molecule has 1 aromatic carbocycles. The minimum Gasteiger partial charge on any atom is -0.314 e. The third-order valence-electron chi connectivity index (χ3n) is 4.38. The number of benzene rings is 1. The van der Waals surface area contributed by atoms with Crippen molar-refractivity contribution in [2.45, 2.75) is 31.8 Å². The highest BCUT2D eigenvalue weighted by Crippen LogP contribution is 2.26. The van der Waals surface area contributed by atoms with Crippen LogP contribution in [0.1, 0.15) is 24.8 Å². The van der Waals surface area contributed by atoms with E-state index in [1.165, 1.54) is 25.3 Å². The van der Waals surface area contributed by atoms with E-state index in [9.17, 15) is 4.39 Å². The van der Waals surface area contributed by atoms with Crippen LogP contribution in [0.15, 0.2) is 18.2 Å². The number of halogens is 2. The Balaban J connectivity index is 1.65. The topological polar surface area (TPSA) is 15.3 Å². The van der Waals surface area contributed by atoms with Crippen molar-refractivity contribution in [1.82, 2.24) is 10.2 Å². The van der Waals surface area contributed by atoms with E-state index in [0.717, 1.165) is 31.1 Å². The van der Waals surface area contributed by atoms with Gasteiger partial charge in [-0.1, -0.05) is 11.6 Å². The lowest BCUT2D eigenvalue weighted by atomic mass is 9.85. The minimum absolute atomic E-state index is 0.145. The average molecular weight is 283 g/mol. The zero-order valence-corrected chi connectivity index (χ0v) is 11.8. The first-order valence-electron chi connectivity index (χ1n) is 7.12. The number of hydrogen-bond donors (Lipinski definition) is 1. The molecule has 19 heavy (non-hydrogen) atoms. The fourth-order valence-corrected chi connectivity index (χ4v) is 3.56. The van der Waals surface area contributed by atoms with Crippen LogP contribution >= 0.6 is 11.6 Å². The van der Waals surface area contributed by atoms with Crippen LogP contribution in [0.2, 0.25) is 5.02 Å². The Hall–Kier alpha value is -0.640. The van der Waals surface area contributed by atoms with Gasteiger partial charge in [0.15, 0.2) is 0 Å². The van der Waals surface area contributed by atoms with Gasteiger partial charge in [0.25, 0.3) is 0 Å². The Labute approximate surface area is 118 Å². The SMILES string of the molecule is Fc1ccc(Cl)cc1CN1CCC2NCCCC2C1. The van der Waals surface area contributed by atoms with Gasteiger partial charge in [0.05, 0.1) is 0 Å². The minimum atomic E-state index is -0.145. The molecule has 4 heteroatoms. The number of nitrogens with zero attached hydrogens (tertiary/aromatic N) is 1. The molecule has 0 saturated carbocycles. The van der Waals surface area contributed by atoms with Crippen molar-refractivity contribution in [1.29, 1.82) is 0 Å². The summed E-state index contributed by atoms with van der Waals surface area (Å²) in [5.41, 5.74) is 0.717. The maximum Gasteiger partial charge on any atom is 0.127 e. The number of rotatable bonds is 2. The summed E-state index contributed by atoms with van der Waals surface area (Å²) in [6.07, 6.45) is 3.74. The lowest BCUT2D eigenvalue weighted by Crippen LogP contribution is -2.51. The largest absolute Gasteiger partial charge is 0.314 e. The first-order chi connectivity index (χ1) is 9.22. The number of fused-ring (bicyclic) bond motifs is 1. The van der Waals surface area contributed by atoms with E-state index >= 15 is 0 Å². The number of likely N-dealkylation sites (tertiary alicyclic amines) is 1. The van der Waals surface area contributed by atoms with Crippen molar-refractivity contribution in [3.63, 3.8) is 0 Å². The van der Waals surface area contributed by atoms with Gasteiger partial charge in [-0.25, -0.2) is 4.39 Å². The Bertz CT molecular complexity index is 452. The van der Waals surface area contributed by atoms with Crippen LogP contribution in [0, 0.1) is 11.7 Å². The van der Waals surface area contributed by atoms with E-state index in [1.54, 1.807) is 12.1 Å². The Morgan fingerprint density at radius 1 is 1.37 bits per heavy atom. The highest BCUT2D eigenvalue weighted by molar-refractivity contribution is 6.30. The molecule has 2 atom stereocenters. The molecule has 2 nitrogen and oxygen atoms in total. The van der Waals surface area contributed by atoms with Crippen LogP contribution in [0.25, 0.3) is 0 Å².